The minimum absolute atomic E-state index is 0. The van der Waals surface area contributed by atoms with Gasteiger partial charge in [0.15, 0.2) is 11.5 Å². The van der Waals surface area contributed by atoms with E-state index in [1.54, 1.807) is 12.1 Å². The second-order valence-corrected chi connectivity index (χ2v) is 7.85. The maximum atomic E-state index is 11.7. The average molecular weight is 463 g/mol. The van der Waals surface area contributed by atoms with Crippen molar-refractivity contribution in [3.63, 3.8) is 0 Å². The van der Waals surface area contributed by atoms with Crippen molar-refractivity contribution in [2.45, 2.75) is 31.2 Å². The molecule has 0 saturated heterocycles. The normalized spacial score (nSPS) is 11.6. The van der Waals surface area contributed by atoms with Crippen LogP contribution in [0.4, 0.5) is 0 Å². The quantitative estimate of drug-likeness (QED) is 0.490. The molecule has 0 aliphatic carbocycles. The number of halogens is 1. The zero-order valence-corrected chi connectivity index (χ0v) is 19.0. The van der Waals surface area contributed by atoms with Gasteiger partial charge in [-0.15, -0.1) is 12.4 Å². The van der Waals surface area contributed by atoms with E-state index in [0.29, 0.717) is 31.9 Å². The first-order chi connectivity index (χ1) is 13.3. The fourth-order valence-corrected chi connectivity index (χ4v) is 3.55. The van der Waals surface area contributed by atoms with Gasteiger partial charge >= 0.3 is 0 Å². The topological polar surface area (TPSA) is 131 Å². The second kappa shape index (κ2) is 13.3. The Kier molecular flexibility index (Phi) is 12.4. The number of hydrogen-bond acceptors (Lipinski definition) is 6. The number of para-hydroxylation sites is 2. The Morgan fingerprint density at radius 2 is 1.70 bits per heavy atom. The molecule has 0 spiro atoms. The third-order valence-electron chi connectivity index (χ3n) is 4.08. The number of hydrogen-bond donors (Lipinski definition) is 2. The summed E-state index contributed by atoms with van der Waals surface area (Å²) in [6.45, 7) is 5.66. The van der Waals surface area contributed by atoms with E-state index in [1.807, 2.05) is 44.2 Å². The monoisotopic (exact) mass is 462 g/mol. The van der Waals surface area contributed by atoms with Crippen molar-refractivity contribution < 1.29 is 28.1 Å². The highest BCUT2D eigenvalue weighted by molar-refractivity contribution is 7.89. The standard InChI is InChI=1S/C20H28N2O5S.ClH.H2O/c1-4-26-17-7-5-6-8-18(17)27-12-11-22-15(2)13-16-9-10-19(25-3)20(14-16)28(21,23)24;;/h5-10,14-15,22H,4,11-13H2,1-3H3,(H2,21,23,24);1H;1H2/t15-;;/m1../s1. The molecule has 0 heterocycles. The summed E-state index contributed by atoms with van der Waals surface area (Å²) >= 11 is 0. The van der Waals surface area contributed by atoms with Gasteiger partial charge in [0.2, 0.25) is 10.0 Å². The number of nitrogens with one attached hydrogen (secondary N) is 1. The minimum Gasteiger partial charge on any atom is -0.495 e. The van der Waals surface area contributed by atoms with Gasteiger partial charge in [0.25, 0.3) is 0 Å². The van der Waals surface area contributed by atoms with Gasteiger partial charge in [-0.2, -0.15) is 0 Å². The molecule has 10 heteroatoms. The Hall–Kier alpha value is -2.04. The van der Waals surface area contributed by atoms with E-state index < -0.39 is 10.0 Å². The third-order valence-corrected chi connectivity index (χ3v) is 5.01. The predicted octanol–water partition coefficient (Wildman–Crippen LogP) is 1.94. The summed E-state index contributed by atoms with van der Waals surface area (Å²) in [6, 6.07) is 12.7. The molecule has 0 radical (unpaired) electrons. The van der Waals surface area contributed by atoms with Crippen LogP contribution in [0.2, 0.25) is 0 Å². The zero-order valence-electron chi connectivity index (χ0n) is 17.4. The molecule has 0 aliphatic rings. The first-order valence-corrected chi connectivity index (χ1v) is 10.7. The molecule has 5 N–H and O–H groups in total. The molecule has 30 heavy (non-hydrogen) atoms. The van der Waals surface area contributed by atoms with Crippen LogP contribution in [0.25, 0.3) is 0 Å². The van der Waals surface area contributed by atoms with Gasteiger partial charge in [-0.05, 0) is 50.1 Å². The van der Waals surface area contributed by atoms with Gasteiger partial charge in [-0.25, -0.2) is 13.6 Å². The number of methoxy groups -OCH3 is 1. The Labute approximate surface area is 184 Å². The number of benzene rings is 2. The van der Waals surface area contributed by atoms with E-state index in [0.717, 1.165) is 11.3 Å². The molecule has 2 aromatic rings. The Morgan fingerprint density at radius 3 is 2.27 bits per heavy atom. The summed E-state index contributed by atoms with van der Waals surface area (Å²) in [5, 5.41) is 8.63. The lowest BCUT2D eigenvalue weighted by atomic mass is 10.1. The molecular weight excluding hydrogens is 432 g/mol. The Bertz CT molecular complexity index is 879. The molecule has 0 saturated carbocycles. The molecule has 2 rings (SSSR count). The SMILES string of the molecule is CCOc1ccccc1OCCN[C@H](C)Cc1ccc(OC)c(S(N)(=O)=O)c1.Cl.O. The van der Waals surface area contributed by atoms with Crippen LogP contribution >= 0.6 is 12.4 Å². The van der Waals surface area contributed by atoms with Crippen LogP contribution in [-0.2, 0) is 16.4 Å². The van der Waals surface area contributed by atoms with E-state index in [4.69, 9.17) is 19.3 Å². The van der Waals surface area contributed by atoms with Crippen molar-refractivity contribution >= 4 is 22.4 Å². The smallest absolute Gasteiger partial charge is 0.241 e. The van der Waals surface area contributed by atoms with Crippen molar-refractivity contribution in [2.75, 3.05) is 26.9 Å². The number of nitrogens with two attached hydrogens (primary N) is 1. The van der Waals surface area contributed by atoms with E-state index in [1.165, 1.54) is 7.11 Å². The lowest BCUT2D eigenvalue weighted by Crippen LogP contribution is -2.32. The third kappa shape index (κ3) is 8.37. The van der Waals surface area contributed by atoms with Gasteiger partial charge in [0.05, 0.1) is 13.7 Å². The lowest BCUT2D eigenvalue weighted by molar-refractivity contribution is 0.272. The van der Waals surface area contributed by atoms with Gasteiger partial charge in [-0.3, -0.25) is 0 Å². The first-order valence-electron chi connectivity index (χ1n) is 9.13. The Balaban J connectivity index is 0.00000420. The molecule has 0 fully saturated rings. The van der Waals surface area contributed by atoms with Crippen molar-refractivity contribution in [2.24, 2.45) is 5.14 Å². The largest absolute Gasteiger partial charge is 0.495 e. The van der Waals surface area contributed by atoms with Crippen LogP contribution in [0.1, 0.15) is 19.4 Å². The highest BCUT2D eigenvalue weighted by Gasteiger charge is 2.16. The van der Waals surface area contributed by atoms with Crippen molar-refractivity contribution in [3.8, 4) is 17.2 Å². The second-order valence-electron chi connectivity index (χ2n) is 6.32. The maximum absolute atomic E-state index is 11.7. The minimum atomic E-state index is -3.84. The van der Waals surface area contributed by atoms with Crippen molar-refractivity contribution in [3.05, 3.63) is 48.0 Å². The molecule has 0 amide bonds. The molecule has 170 valence electrons. The van der Waals surface area contributed by atoms with Crippen LogP contribution in [-0.4, -0.2) is 46.8 Å². The molecular formula is C20H31ClN2O6S. The van der Waals surface area contributed by atoms with E-state index >= 15 is 0 Å². The number of sulfonamides is 1. The Morgan fingerprint density at radius 1 is 1.07 bits per heavy atom. The van der Waals surface area contributed by atoms with E-state index in [-0.39, 0.29) is 34.6 Å². The van der Waals surface area contributed by atoms with Crippen molar-refractivity contribution in [1.82, 2.24) is 5.32 Å². The molecule has 0 aliphatic heterocycles. The summed E-state index contributed by atoms with van der Waals surface area (Å²) in [4.78, 5) is -0.00411. The molecule has 0 aromatic heterocycles. The molecule has 1 atom stereocenters. The van der Waals surface area contributed by atoms with Crippen LogP contribution < -0.4 is 24.7 Å². The summed E-state index contributed by atoms with van der Waals surface area (Å²) < 4.78 is 39.9. The van der Waals surface area contributed by atoms with E-state index in [9.17, 15) is 8.42 Å². The van der Waals surface area contributed by atoms with Gasteiger partial charge in [-0.1, -0.05) is 18.2 Å². The van der Waals surface area contributed by atoms with Crippen LogP contribution in [0.5, 0.6) is 17.2 Å². The fourth-order valence-electron chi connectivity index (χ4n) is 2.81. The van der Waals surface area contributed by atoms with Gasteiger partial charge in [0.1, 0.15) is 17.3 Å². The fraction of sp³-hybridized carbons (Fsp3) is 0.400. The van der Waals surface area contributed by atoms with Gasteiger partial charge in [0, 0.05) is 12.6 Å². The predicted molar refractivity (Wildman–Crippen MR) is 120 cm³/mol. The highest BCUT2D eigenvalue weighted by atomic mass is 35.5. The molecule has 0 unspecified atom stereocenters. The summed E-state index contributed by atoms with van der Waals surface area (Å²) in [6.07, 6.45) is 0.641. The first kappa shape index (κ1) is 28.0. The summed E-state index contributed by atoms with van der Waals surface area (Å²) in [5.41, 5.74) is 0.854. The molecule has 2 aromatic carbocycles. The van der Waals surface area contributed by atoms with Crippen molar-refractivity contribution in [1.29, 1.82) is 0 Å². The number of rotatable bonds is 11. The molecule has 0 bridgehead atoms. The lowest BCUT2D eigenvalue weighted by Gasteiger charge is -2.16. The summed E-state index contributed by atoms with van der Waals surface area (Å²) in [5.74, 6) is 1.69. The molecule has 8 nitrogen and oxygen atoms in total. The maximum Gasteiger partial charge on any atom is 0.241 e. The zero-order chi connectivity index (χ0) is 20.6. The summed E-state index contributed by atoms with van der Waals surface area (Å²) in [7, 11) is -2.43. The number of ether oxygens (including phenoxy) is 3. The van der Waals surface area contributed by atoms with Crippen LogP contribution in [0.3, 0.4) is 0 Å². The highest BCUT2D eigenvalue weighted by Crippen LogP contribution is 2.26. The number of primary sulfonamides is 1. The average Bonchev–Trinajstić information content (AvgIpc) is 2.66. The van der Waals surface area contributed by atoms with Crippen LogP contribution in [0, 0.1) is 0 Å². The van der Waals surface area contributed by atoms with Crippen LogP contribution in [0.15, 0.2) is 47.4 Å². The van der Waals surface area contributed by atoms with E-state index in [2.05, 4.69) is 5.32 Å². The van der Waals surface area contributed by atoms with Gasteiger partial charge < -0.3 is 25.0 Å².